The normalized spacial score (nSPS) is 10.3. The molecule has 0 aliphatic rings. The molecule has 0 aromatic heterocycles. The predicted octanol–water partition coefficient (Wildman–Crippen LogP) is 5.52. The molecule has 3 aromatic rings. The number of hydrogen-bond acceptors (Lipinski definition) is 4. The third-order valence-corrected chi connectivity index (χ3v) is 4.97. The van der Waals surface area contributed by atoms with Crippen molar-refractivity contribution in [2.45, 2.75) is 0 Å². The van der Waals surface area contributed by atoms with E-state index in [4.69, 9.17) is 32.7 Å². The number of hydrogen-bond donors (Lipinski definition) is 2. The summed E-state index contributed by atoms with van der Waals surface area (Å²) in [4.78, 5) is 25.7. The summed E-state index contributed by atoms with van der Waals surface area (Å²) < 4.78 is 10.2. The number of nitrogens with one attached hydrogen (secondary N) is 2. The van der Waals surface area contributed by atoms with Crippen LogP contribution in [0.15, 0.2) is 60.7 Å². The van der Waals surface area contributed by atoms with Crippen molar-refractivity contribution < 1.29 is 19.1 Å². The Hall–Kier alpha value is -3.22. The quantitative estimate of drug-likeness (QED) is 0.524. The lowest BCUT2D eigenvalue weighted by Gasteiger charge is -2.13. The van der Waals surface area contributed by atoms with Gasteiger partial charge in [0.1, 0.15) is 11.5 Å². The molecular weight excluding hydrogens is 427 g/mol. The summed E-state index contributed by atoms with van der Waals surface area (Å²) in [7, 11) is 3.11. The van der Waals surface area contributed by atoms with Crippen LogP contribution in [0.25, 0.3) is 0 Å². The van der Waals surface area contributed by atoms with E-state index >= 15 is 0 Å². The molecule has 0 saturated carbocycles. The fraction of sp³-hybridized carbons (Fsp3) is 0.0909. The molecule has 0 heterocycles. The van der Waals surface area contributed by atoms with Gasteiger partial charge in [0.2, 0.25) is 0 Å². The molecule has 0 spiro atoms. The highest BCUT2D eigenvalue weighted by Gasteiger charge is 2.20. The second kappa shape index (κ2) is 9.52. The zero-order valence-electron chi connectivity index (χ0n) is 16.2. The zero-order valence-corrected chi connectivity index (χ0v) is 17.7. The summed E-state index contributed by atoms with van der Waals surface area (Å²) in [5, 5.41) is 5.80. The Labute approximate surface area is 183 Å². The van der Waals surface area contributed by atoms with E-state index in [-0.39, 0.29) is 21.2 Å². The number of rotatable bonds is 6. The molecule has 6 nitrogen and oxygen atoms in total. The summed E-state index contributed by atoms with van der Waals surface area (Å²) in [5.74, 6) is 0.307. The molecule has 30 heavy (non-hydrogen) atoms. The van der Waals surface area contributed by atoms with Crippen molar-refractivity contribution in [1.29, 1.82) is 0 Å². The molecule has 154 valence electrons. The van der Waals surface area contributed by atoms with Crippen molar-refractivity contribution in [3.05, 3.63) is 81.8 Å². The first-order valence-electron chi connectivity index (χ1n) is 8.81. The monoisotopic (exact) mass is 444 g/mol. The highest BCUT2D eigenvalue weighted by molar-refractivity contribution is 6.42. The van der Waals surface area contributed by atoms with Crippen molar-refractivity contribution in [1.82, 2.24) is 0 Å². The molecule has 8 heteroatoms. The molecule has 0 unspecified atom stereocenters. The van der Waals surface area contributed by atoms with Gasteiger partial charge in [0, 0.05) is 11.4 Å². The largest absolute Gasteiger partial charge is 0.497 e. The highest BCUT2D eigenvalue weighted by Crippen LogP contribution is 2.28. The van der Waals surface area contributed by atoms with Crippen molar-refractivity contribution in [2.75, 3.05) is 24.9 Å². The van der Waals surface area contributed by atoms with Gasteiger partial charge in [-0.15, -0.1) is 0 Å². The molecule has 3 rings (SSSR count). The molecule has 0 atom stereocenters. The standard InChI is InChI=1S/C22H18Cl2N2O4/c1-29-15-7-3-13(4-8-15)25-21(27)17-11-19(23)20(24)12-18(17)22(28)26-14-5-9-16(30-2)10-6-14/h3-12H,1-2H3,(H,25,27)(H,26,28). The summed E-state index contributed by atoms with van der Waals surface area (Å²) in [6.45, 7) is 0. The Balaban J connectivity index is 1.87. The Morgan fingerprint density at radius 1 is 0.667 bits per heavy atom. The van der Waals surface area contributed by atoms with E-state index < -0.39 is 11.8 Å². The smallest absolute Gasteiger partial charge is 0.256 e. The second-order valence-corrected chi connectivity index (χ2v) is 6.99. The van der Waals surface area contributed by atoms with Gasteiger partial charge in [-0.25, -0.2) is 0 Å². The van der Waals surface area contributed by atoms with Crippen molar-refractivity contribution >= 4 is 46.4 Å². The lowest BCUT2D eigenvalue weighted by atomic mass is 10.1. The van der Waals surface area contributed by atoms with Gasteiger partial charge in [-0.05, 0) is 60.7 Å². The maximum Gasteiger partial charge on any atom is 0.256 e. The summed E-state index contributed by atoms with van der Waals surface area (Å²) in [5.41, 5.74) is 1.25. The topological polar surface area (TPSA) is 76.7 Å². The molecule has 3 aromatic carbocycles. The lowest BCUT2D eigenvalue weighted by Crippen LogP contribution is -2.20. The first-order valence-corrected chi connectivity index (χ1v) is 9.56. The number of halogens is 2. The average Bonchev–Trinajstić information content (AvgIpc) is 2.76. The number of methoxy groups -OCH3 is 2. The summed E-state index contributed by atoms with van der Waals surface area (Å²) in [6.07, 6.45) is 0. The van der Waals surface area contributed by atoms with Gasteiger partial charge in [-0.2, -0.15) is 0 Å². The molecule has 0 aliphatic carbocycles. The third-order valence-electron chi connectivity index (χ3n) is 4.25. The molecule has 0 aliphatic heterocycles. The highest BCUT2D eigenvalue weighted by atomic mass is 35.5. The van der Waals surface area contributed by atoms with E-state index in [2.05, 4.69) is 10.6 Å². The zero-order chi connectivity index (χ0) is 21.7. The van der Waals surface area contributed by atoms with Gasteiger partial charge in [-0.1, -0.05) is 23.2 Å². The van der Waals surface area contributed by atoms with Crippen LogP contribution in [0, 0.1) is 0 Å². The molecule has 0 radical (unpaired) electrons. The van der Waals surface area contributed by atoms with Gasteiger partial charge in [0.15, 0.2) is 0 Å². The van der Waals surface area contributed by atoms with Crippen LogP contribution >= 0.6 is 23.2 Å². The van der Waals surface area contributed by atoms with E-state index in [1.165, 1.54) is 12.1 Å². The van der Waals surface area contributed by atoms with Crippen molar-refractivity contribution in [3.8, 4) is 11.5 Å². The molecule has 0 bridgehead atoms. The minimum absolute atomic E-state index is 0.0891. The Bertz CT molecular complexity index is 981. The second-order valence-electron chi connectivity index (χ2n) is 6.18. The Morgan fingerprint density at radius 2 is 1.00 bits per heavy atom. The number of carbonyl (C=O) groups is 2. The van der Waals surface area contributed by atoms with E-state index in [0.29, 0.717) is 22.9 Å². The number of carbonyl (C=O) groups excluding carboxylic acids is 2. The van der Waals surface area contributed by atoms with Crippen LogP contribution in [-0.2, 0) is 0 Å². The number of anilines is 2. The summed E-state index contributed by atoms with van der Waals surface area (Å²) in [6, 6.07) is 16.3. The first kappa shape index (κ1) is 21.5. The van der Waals surface area contributed by atoms with Gasteiger partial charge in [-0.3, -0.25) is 9.59 Å². The molecular formula is C22H18Cl2N2O4. The fourth-order valence-electron chi connectivity index (χ4n) is 2.67. The van der Waals surface area contributed by atoms with E-state index in [0.717, 1.165) is 0 Å². The van der Waals surface area contributed by atoms with Crippen LogP contribution < -0.4 is 20.1 Å². The average molecular weight is 445 g/mol. The molecule has 0 saturated heterocycles. The first-order chi connectivity index (χ1) is 14.4. The fourth-order valence-corrected chi connectivity index (χ4v) is 3.00. The van der Waals surface area contributed by atoms with Crippen LogP contribution in [-0.4, -0.2) is 26.0 Å². The van der Waals surface area contributed by atoms with Gasteiger partial charge in [0.05, 0.1) is 35.4 Å². The van der Waals surface area contributed by atoms with Crippen LogP contribution in [0.2, 0.25) is 10.0 Å². The predicted molar refractivity (Wildman–Crippen MR) is 118 cm³/mol. The van der Waals surface area contributed by atoms with Gasteiger partial charge in [0.25, 0.3) is 11.8 Å². The van der Waals surface area contributed by atoms with Crippen LogP contribution in [0.1, 0.15) is 20.7 Å². The van der Waals surface area contributed by atoms with Crippen molar-refractivity contribution in [2.24, 2.45) is 0 Å². The summed E-state index contributed by atoms with van der Waals surface area (Å²) >= 11 is 12.2. The van der Waals surface area contributed by atoms with Crippen LogP contribution in [0.5, 0.6) is 11.5 Å². The Morgan fingerprint density at radius 3 is 1.30 bits per heavy atom. The molecule has 2 amide bonds. The lowest BCUT2D eigenvalue weighted by molar-refractivity contribution is 0.0990. The number of amides is 2. The molecule has 2 N–H and O–H groups in total. The van der Waals surface area contributed by atoms with E-state index in [1.807, 2.05) is 0 Å². The minimum Gasteiger partial charge on any atom is -0.497 e. The van der Waals surface area contributed by atoms with Gasteiger partial charge >= 0.3 is 0 Å². The van der Waals surface area contributed by atoms with Gasteiger partial charge < -0.3 is 20.1 Å². The SMILES string of the molecule is COc1ccc(NC(=O)c2cc(Cl)c(Cl)cc2C(=O)Nc2ccc(OC)cc2)cc1. The van der Waals surface area contributed by atoms with Crippen LogP contribution in [0.4, 0.5) is 11.4 Å². The van der Waals surface area contributed by atoms with E-state index in [9.17, 15) is 9.59 Å². The molecule has 0 fully saturated rings. The maximum atomic E-state index is 12.9. The number of ether oxygens (including phenoxy) is 2. The maximum absolute atomic E-state index is 12.9. The third kappa shape index (κ3) is 5.03. The Kier molecular flexibility index (Phi) is 6.82. The van der Waals surface area contributed by atoms with Crippen molar-refractivity contribution in [3.63, 3.8) is 0 Å². The van der Waals surface area contributed by atoms with Crippen LogP contribution in [0.3, 0.4) is 0 Å². The number of benzene rings is 3. The van der Waals surface area contributed by atoms with E-state index in [1.54, 1.807) is 62.8 Å². The minimum atomic E-state index is -0.501.